The molecule has 0 bridgehead atoms. The van der Waals surface area contributed by atoms with Crippen LogP contribution in [0.15, 0.2) is 23.3 Å². The number of aliphatic hydroxyl groups is 1. The summed E-state index contributed by atoms with van der Waals surface area (Å²) >= 11 is 11.7. The Hall–Kier alpha value is -1.31. The van der Waals surface area contributed by atoms with E-state index in [0.29, 0.717) is 0 Å². The second-order valence-corrected chi connectivity index (χ2v) is 5.30. The lowest BCUT2D eigenvalue weighted by atomic mass is 10.2. The first-order chi connectivity index (χ1) is 9.67. The van der Waals surface area contributed by atoms with Gasteiger partial charge in [-0.05, 0) is 12.1 Å². The van der Waals surface area contributed by atoms with Crippen LogP contribution in [0.3, 0.4) is 0 Å². The molecule has 0 saturated carbocycles. The number of benzene rings is 1. The molecule has 0 unspecified atom stereocenters. The molecule has 0 fully saturated rings. The third kappa shape index (κ3) is 3.87. The Morgan fingerprint density at radius 3 is 2.62 bits per heavy atom. The third-order valence-corrected chi connectivity index (χ3v) is 3.23. The number of rotatable bonds is 3. The summed E-state index contributed by atoms with van der Waals surface area (Å²) in [4.78, 5) is 16.1. The van der Waals surface area contributed by atoms with Gasteiger partial charge in [-0.2, -0.15) is 13.2 Å². The quantitative estimate of drug-likeness (QED) is 0.934. The Morgan fingerprint density at radius 2 is 2.00 bits per heavy atom. The Kier molecular flexibility index (Phi) is 4.46. The highest BCUT2D eigenvalue weighted by atomic mass is 35.5. The zero-order valence-electron chi connectivity index (χ0n) is 10.4. The summed E-state index contributed by atoms with van der Waals surface area (Å²) in [5, 5.41) is 9.84. The fraction of sp³-hybridized carbons (Fsp3) is 0.333. The Morgan fingerprint density at radius 1 is 1.33 bits per heavy atom. The zero-order valence-corrected chi connectivity index (χ0v) is 11.9. The van der Waals surface area contributed by atoms with Gasteiger partial charge in [-0.1, -0.05) is 23.2 Å². The Labute approximate surface area is 126 Å². The maximum absolute atomic E-state index is 12.2. The SMILES string of the molecule is O=c1c2cc(Cl)cc(Cl)c2ncn1C[C@@H](O)CC(F)(F)F. The van der Waals surface area contributed by atoms with Crippen molar-refractivity contribution in [2.75, 3.05) is 0 Å². The van der Waals surface area contributed by atoms with Crippen LogP contribution >= 0.6 is 23.2 Å². The first-order valence-corrected chi connectivity index (χ1v) is 6.52. The van der Waals surface area contributed by atoms with E-state index < -0.39 is 30.8 Å². The molecule has 21 heavy (non-hydrogen) atoms. The predicted octanol–water partition coefficient (Wildman–Crippen LogP) is 3.02. The molecule has 0 aliphatic heterocycles. The average Bonchev–Trinajstić information content (AvgIpc) is 2.31. The van der Waals surface area contributed by atoms with Crippen molar-refractivity contribution in [3.8, 4) is 0 Å². The highest BCUT2D eigenvalue weighted by Crippen LogP contribution is 2.24. The van der Waals surface area contributed by atoms with Gasteiger partial charge in [0.1, 0.15) is 0 Å². The van der Waals surface area contributed by atoms with E-state index in [1.165, 1.54) is 12.1 Å². The first-order valence-electron chi connectivity index (χ1n) is 5.76. The molecule has 2 aromatic rings. The number of nitrogens with zero attached hydrogens (tertiary/aromatic N) is 2. The molecular weight excluding hydrogens is 332 g/mol. The van der Waals surface area contributed by atoms with E-state index in [0.717, 1.165) is 10.9 Å². The molecule has 0 saturated heterocycles. The molecule has 0 amide bonds. The Bertz CT molecular complexity index is 731. The smallest absolute Gasteiger partial charge is 0.391 e. The topological polar surface area (TPSA) is 55.1 Å². The van der Waals surface area contributed by atoms with Crippen LogP contribution in [0.25, 0.3) is 10.9 Å². The van der Waals surface area contributed by atoms with Gasteiger partial charge in [-0.3, -0.25) is 9.36 Å². The highest BCUT2D eigenvalue weighted by Gasteiger charge is 2.31. The normalized spacial score (nSPS) is 13.6. The number of hydrogen-bond donors (Lipinski definition) is 1. The molecule has 1 aromatic heterocycles. The lowest BCUT2D eigenvalue weighted by Crippen LogP contribution is -2.30. The van der Waals surface area contributed by atoms with Gasteiger partial charge in [0, 0.05) is 5.02 Å². The summed E-state index contributed by atoms with van der Waals surface area (Å²) in [6.07, 6.45) is -6.62. The molecular formula is C12H9Cl2F3N2O2. The number of aromatic nitrogens is 2. The van der Waals surface area contributed by atoms with Crippen molar-refractivity contribution in [1.82, 2.24) is 9.55 Å². The molecule has 1 N–H and O–H groups in total. The molecule has 114 valence electrons. The molecule has 1 aromatic carbocycles. The van der Waals surface area contributed by atoms with Crippen LogP contribution in [0.1, 0.15) is 6.42 Å². The van der Waals surface area contributed by atoms with Gasteiger partial charge in [-0.25, -0.2) is 4.98 Å². The number of fused-ring (bicyclic) bond motifs is 1. The lowest BCUT2D eigenvalue weighted by molar-refractivity contribution is -0.154. The number of hydrogen-bond acceptors (Lipinski definition) is 3. The van der Waals surface area contributed by atoms with Crippen molar-refractivity contribution in [2.45, 2.75) is 25.2 Å². The average molecular weight is 341 g/mol. The molecule has 4 nitrogen and oxygen atoms in total. The van der Waals surface area contributed by atoms with Crippen LogP contribution in [0.2, 0.25) is 10.0 Å². The lowest BCUT2D eigenvalue weighted by Gasteiger charge is -2.14. The fourth-order valence-corrected chi connectivity index (χ4v) is 2.43. The van der Waals surface area contributed by atoms with E-state index in [9.17, 15) is 23.1 Å². The van der Waals surface area contributed by atoms with Gasteiger partial charge in [-0.15, -0.1) is 0 Å². The molecule has 0 spiro atoms. The van der Waals surface area contributed by atoms with Gasteiger partial charge in [0.2, 0.25) is 0 Å². The van der Waals surface area contributed by atoms with Crippen molar-refractivity contribution >= 4 is 34.1 Å². The molecule has 1 heterocycles. The minimum Gasteiger partial charge on any atom is -0.391 e. The van der Waals surface area contributed by atoms with Gasteiger partial charge < -0.3 is 5.11 Å². The number of alkyl halides is 3. The predicted molar refractivity (Wildman–Crippen MR) is 72.7 cm³/mol. The summed E-state index contributed by atoms with van der Waals surface area (Å²) in [6, 6.07) is 2.73. The van der Waals surface area contributed by atoms with Crippen molar-refractivity contribution in [3.63, 3.8) is 0 Å². The number of halogens is 5. The standard InChI is InChI=1S/C12H9Cl2F3N2O2/c13-6-1-8-10(9(14)2-6)18-5-19(11(8)21)4-7(20)3-12(15,16)17/h1-2,5,7,20H,3-4H2/t7-/m0/s1. The number of aliphatic hydroxyl groups excluding tert-OH is 1. The molecule has 1 atom stereocenters. The summed E-state index contributed by atoms with van der Waals surface area (Å²) in [6.45, 7) is -0.522. The van der Waals surface area contributed by atoms with Gasteiger partial charge in [0.25, 0.3) is 5.56 Å². The molecule has 0 aliphatic rings. The third-order valence-electron chi connectivity index (χ3n) is 2.72. The van der Waals surface area contributed by atoms with E-state index >= 15 is 0 Å². The van der Waals surface area contributed by atoms with E-state index in [1.807, 2.05) is 0 Å². The summed E-state index contributed by atoms with van der Waals surface area (Å²) in [7, 11) is 0. The maximum atomic E-state index is 12.2. The van der Waals surface area contributed by atoms with Gasteiger partial charge >= 0.3 is 6.18 Å². The van der Waals surface area contributed by atoms with Crippen molar-refractivity contribution in [2.24, 2.45) is 0 Å². The maximum Gasteiger partial charge on any atom is 0.391 e. The van der Waals surface area contributed by atoms with Gasteiger partial charge in [0.15, 0.2) is 0 Å². The zero-order chi connectivity index (χ0) is 15.8. The second-order valence-electron chi connectivity index (χ2n) is 4.46. The van der Waals surface area contributed by atoms with Gasteiger partial charge in [0.05, 0.1) is 41.3 Å². The van der Waals surface area contributed by atoms with Crippen LogP contribution in [0.5, 0.6) is 0 Å². The van der Waals surface area contributed by atoms with Crippen molar-refractivity contribution < 1.29 is 18.3 Å². The van der Waals surface area contributed by atoms with Crippen LogP contribution in [0.4, 0.5) is 13.2 Å². The summed E-state index contributed by atoms with van der Waals surface area (Å²) < 4.78 is 37.4. The molecule has 9 heteroatoms. The van der Waals surface area contributed by atoms with E-state index in [-0.39, 0.29) is 20.9 Å². The van der Waals surface area contributed by atoms with Crippen molar-refractivity contribution in [3.05, 3.63) is 38.9 Å². The van der Waals surface area contributed by atoms with Crippen LogP contribution < -0.4 is 5.56 Å². The minimum absolute atomic E-state index is 0.0780. The van der Waals surface area contributed by atoms with E-state index in [1.54, 1.807) is 0 Å². The van der Waals surface area contributed by atoms with Crippen LogP contribution in [-0.4, -0.2) is 26.9 Å². The van der Waals surface area contributed by atoms with E-state index in [2.05, 4.69) is 4.98 Å². The van der Waals surface area contributed by atoms with Crippen molar-refractivity contribution in [1.29, 1.82) is 0 Å². The fourth-order valence-electron chi connectivity index (χ4n) is 1.88. The minimum atomic E-state index is -4.51. The summed E-state index contributed by atoms with van der Waals surface area (Å²) in [5.74, 6) is 0. The monoisotopic (exact) mass is 340 g/mol. The first kappa shape index (κ1) is 16.1. The van der Waals surface area contributed by atoms with E-state index in [4.69, 9.17) is 23.2 Å². The van der Waals surface area contributed by atoms with Crippen LogP contribution in [0, 0.1) is 0 Å². The Balaban J connectivity index is 2.39. The molecule has 0 radical (unpaired) electrons. The summed E-state index contributed by atoms with van der Waals surface area (Å²) in [5.41, 5.74) is -0.418. The molecule has 0 aliphatic carbocycles. The second kappa shape index (κ2) is 5.82. The largest absolute Gasteiger partial charge is 0.391 e. The highest BCUT2D eigenvalue weighted by molar-refractivity contribution is 6.38. The van der Waals surface area contributed by atoms with Crippen LogP contribution in [-0.2, 0) is 6.54 Å². The molecule has 2 rings (SSSR count).